The van der Waals surface area contributed by atoms with Crippen LogP contribution < -0.4 is 5.32 Å². The molecule has 0 aliphatic heterocycles. The molecule has 0 fully saturated rings. The van der Waals surface area contributed by atoms with Crippen LogP contribution in [0.3, 0.4) is 0 Å². The number of nitrogens with zero attached hydrogens (tertiary/aromatic N) is 3. The zero-order valence-corrected chi connectivity index (χ0v) is 10.1. The van der Waals surface area contributed by atoms with Crippen molar-refractivity contribution in [3.8, 4) is 0 Å². The summed E-state index contributed by atoms with van der Waals surface area (Å²) in [6.07, 6.45) is 1.51. The fraction of sp³-hybridized carbons (Fsp3) is 0.100. The number of amides is 1. The summed E-state index contributed by atoms with van der Waals surface area (Å²) in [4.78, 5) is 30.5. The second kappa shape index (κ2) is 5.32. The number of ether oxygens (including phenoxy) is 1. The van der Waals surface area contributed by atoms with Gasteiger partial charge >= 0.3 is 5.97 Å². The standard InChI is InChI=1S/C10H8N4O3S/c1-17-9(16)7-12-10(18-14-7)13-8(15)6-4-2-3-5-11-6/h2-5H,1H3,(H,12,13,14,15). The van der Waals surface area contributed by atoms with E-state index in [1.165, 1.54) is 13.3 Å². The summed E-state index contributed by atoms with van der Waals surface area (Å²) >= 11 is 0.895. The van der Waals surface area contributed by atoms with Gasteiger partial charge in [0.05, 0.1) is 7.11 Å². The Morgan fingerprint density at radius 1 is 1.39 bits per heavy atom. The molecule has 7 nitrogen and oxygen atoms in total. The first-order valence-electron chi connectivity index (χ1n) is 4.85. The van der Waals surface area contributed by atoms with Crippen molar-refractivity contribution in [3.63, 3.8) is 0 Å². The van der Waals surface area contributed by atoms with E-state index in [9.17, 15) is 9.59 Å². The Hall–Kier alpha value is -2.35. The van der Waals surface area contributed by atoms with Crippen molar-refractivity contribution in [2.75, 3.05) is 12.4 Å². The summed E-state index contributed by atoms with van der Waals surface area (Å²) < 4.78 is 8.21. The van der Waals surface area contributed by atoms with Crippen molar-refractivity contribution in [3.05, 3.63) is 35.9 Å². The van der Waals surface area contributed by atoms with Gasteiger partial charge in [0.2, 0.25) is 5.13 Å². The molecular weight excluding hydrogens is 256 g/mol. The zero-order chi connectivity index (χ0) is 13.0. The summed E-state index contributed by atoms with van der Waals surface area (Å²) in [7, 11) is 1.23. The Bertz CT molecular complexity index is 570. The van der Waals surface area contributed by atoms with Gasteiger partial charge in [0.15, 0.2) is 0 Å². The van der Waals surface area contributed by atoms with Crippen LogP contribution in [0.4, 0.5) is 5.13 Å². The average Bonchev–Trinajstić information content (AvgIpc) is 2.87. The minimum atomic E-state index is -0.649. The van der Waals surface area contributed by atoms with Gasteiger partial charge < -0.3 is 4.74 Å². The molecule has 92 valence electrons. The average molecular weight is 264 g/mol. The highest BCUT2D eigenvalue weighted by atomic mass is 32.1. The first kappa shape index (κ1) is 12.1. The second-order valence-corrected chi connectivity index (χ2v) is 3.84. The molecule has 0 aliphatic carbocycles. The van der Waals surface area contributed by atoms with Crippen molar-refractivity contribution in [1.82, 2.24) is 14.3 Å². The summed E-state index contributed by atoms with van der Waals surface area (Å²) in [5.41, 5.74) is 0.257. The van der Waals surface area contributed by atoms with Gasteiger partial charge in [-0.3, -0.25) is 15.1 Å². The third-order valence-corrected chi connectivity index (χ3v) is 2.54. The maximum absolute atomic E-state index is 11.7. The predicted octanol–water partition coefficient (Wildman–Crippen LogP) is 0.972. The number of esters is 1. The lowest BCUT2D eigenvalue weighted by molar-refractivity contribution is 0.0588. The molecule has 0 saturated heterocycles. The van der Waals surface area contributed by atoms with Gasteiger partial charge in [0, 0.05) is 17.7 Å². The van der Waals surface area contributed by atoms with Crippen LogP contribution in [0.25, 0.3) is 0 Å². The van der Waals surface area contributed by atoms with E-state index in [1.54, 1.807) is 18.2 Å². The topological polar surface area (TPSA) is 94.1 Å². The number of carbonyl (C=O) groups is 2. The van der Waals surface area contributed by atoms with E-state index in [1.807, 2.05) is 0 Å². The molecule has 1 amide bonds. The Morgan fingerprint density at radius 2 is 2.22 bits per heavy atom. The van der Waals surface area contributed by atoms with Crippen LogP contribution in [0.15, 0.2) is 24.4 Å². The van der Waals surface area contributed by atoms with Crippen molar-refractivity contribution < 1.29 is 14.3 Å². The number of nitrogens with one attached hydrogen (secondary N) is 1. The lowest BCUT2D eigenvalue weighted by Crippen LogP contribution is -2.13. The van der Waals surface area contributed by atoms with Gasteiger partial charge in [0.25, 0.3) is 11.7 Å². The zero-order valence-electron chi connectivity index (χ0n) is 9.28. The lowest BCUT2D eigenvalue weighted by Gasteiger charge is -1.98. The highest BCUT2D eigenvalue weighted by Gasteiger charge is 2.15. The first-order chi connectivity index (χ1) is 8.70. The van der Waals surface area contributed by atoms with Crippen LogP contribution in [0, 0.1) is 0 Å². The summed E-state index contributed by atoms with van der Waals surface area (Å²) in [5, 5.41) is 2.71. The van der Waals surface area contributed by atoms with Crippen LogP contribution in [0.2, 0.25) is 0 Å². The number of methoxy groups -OCH3 is 1. The van der Waals surface area contributed by atoms with Crippen LogP contribution >= 0.6 is 11.5 Å². The van der Waals surface area contributed by atoms with Gasteiger partial charge in [-0.2, -0.15) is 9.36 Å². The van der Waals surface area contributed by atoms with Gasteiger partial charge in [-0.25, -0.2) is 4.79 Å². The highest BCUT2D eigenvalue weighted by Crippen LogP contribution is 2.12. The Labute approximate surface area is 106 Å². The second-order valence-electron chi connectivity index (χ2n) is 3.08. The summed E-state index contributed by atoms with van der Waals surface area (Å²) in [6, 6.07) is 4.97. The van der Waals surface area contributed by atoms with E-state index < -0.39 is 11.9 Å². The molecular formula is C10H8N4O3S. The number of anilines is 1. The van der Waals surface area contributed by atoms with Crippen molar-refractivity contribution in [1.29, 1.82) is 0 Å². The molecule has 0 unspecified atom stereocenters. The molecule has 2 aromatic rings. The molecule has 2 aromatic heterocycles. The molecule has 1 N–H and O–H groups in total. The SMILES string of the molecule is COC(=O)c1nsc(NC(=O)c2ccccn2)n1. The van der Waals surface area contributed by atoms with Crippen LogP contribution in [-0.4, -0.2) is 33.3 Å². The van der Waals surface area contributed by atoms with Gasteiger partial charge in [-0.05, 0) is 12.1 Å². The van der Waals surface area contributed by atoms with Crippen LogP contribution in [-0.2, 0) is 4.74 Å². The van der Waals surface area contributed by atoms with E-state index in [0.29, 0.717) is 0 Å². The normalized spacial score (nSPS) is 9.83. The number of pyridine rings is 1. The molecule has 0 aliphatic rings. The minimum absolute atomic E-state index is 0.0844. The maximum Gasteiger partial charge on any atom is 0.377 e. The predicted molar refractivity (Wildman–Crippen MR) is 63.4 cm³/mol. The molecule has 0 bridgehead atoms. The van der Waals surface area contributed by atoms with Crippen LogP contribution in [0.1, 0.15) is 21.1 Å². The maximum atomic E-state index is 11.7. The first-order valence-corrected chi connectivity index (χ1v) is 5.62. The molecule has 0 atom stereocenters. The van der Waals surface area contributed by atoms with Crippen LogP contribution in [0.5, 0.6) is 0 Å². The lowest BCUT2D eigenvalue weighted by atomic mass is 10.3. The van der Waals surface area contributed by atoms with E-state index in [2.05, 4.69) is 24.4 Å². The van der Waals surface area contributed by atoms with Gasteiger partial charge in [-0.1, -0.05) is 6.07 Å². The molecule has 2 heterocycles. The fourth-order valence-electron chi connectivity index (χ4n) is 1.11. The largest absolute Gasteiger partial charge is 0.463 e. The van der Waals surface area contributed by atoms with Gasteiger partial charge in [-0.15, -0.1) is 0 Å². The smallest absolute Gasteiger partial charge is 0.377 e. The monoisotopic (exact) mass is 264 g/mol. The van der Waals surface area contributed by atoms with E-state index in [-0.39, 0.29) is 16.6 Å². The third-order valence-electron chi connectivity index (χ3n) is 1.91. The molecule has 2 rings (SSSR count). The molecule has 0 saturated carbocycles. The van der Waals surface area contributed by atoms with Crippen molar-refractivity contribution in [2.45, 2.75) is 0 Å². The van der Waals surface area contributed by atoms with E-state index in [4.69, 9.17) is 0 Å². The number of hydrogen-bond donors (Lipinski definition) is 1. The summed E-state index contributed by atoms with van der Waals surface area (Å²) in [5.74, 6) is -1.15. The van der Waals surface area contributed by atoms with E-state index >= 15 is 0 Å². The van der Waals surface area contributed by atoms with Gasteiger partial charge in [0.1, 0.15) is 5.69 Å². The quantitative estimate of drug-likeness (QED) is 0.830. The van der Waals surface area contributed by atoms with Crippen molar-refractivity contribution in [2.24, 2.45) is 0 Å². The molecule has 8 heteroatoms. The summed E-state index contributed by atoms with van der Waals surface area (Å²) in [6.45, 7) is 0. The minimum Gasteiger partial charge on any atom is -0.463 e. The Balaban J connectivity index is 2.08. The highest BCUT2D eigenvalue weighted by molar-refractivity contribution is 7.10. The number of carbonyl (C=O) groups excluding carboxylic acids is 2. The van der Waals surface area contributed by atoms with E-state index in [0.717, 1.165) is 11.5 Å². The molecule has 0 spiro atoms. The molecule has 0 aromatic carbocycles. The Morgan fingerprint density at radius 3 is 2.89 bits per heavy atom. The molecule has 0 radical (unpaired) electrons. The number of hydrogen-bond acceptors (Lipinski definition) is 7. The van der Waals surface area contributed by atoms with Crippen molar-refractivity contribution >= 4 is 28.5 Å². The number of rotatable bonds is 3. The molecule has 18 heavy (non-hydrogen) atoms. The fourth-order valence-corrected chi connectivity index (χ4v) is 1.66. The Kier molecular flexibility index (Phi) is 3.58. The number of aromatic nitrogens is 3. The third kappa shape index (κ3) is 2.66.